The average Bonchev–Trinajstić information content (AvgIpc) is 3.26. The van der Waals surface area contributed by atoms with Crippen LogP contribution in [0.5, 0.6) is 5.75 Å². The van der Waals surface area contributed by atoms with E-state index in [1.165, 1.54) is 4.68 Å². The molecule has 3 aromatic heterocycles. The normalized spacial score (nSPS) is 11.6. The predicted molar refractivity (Wildman–Crippen MR) is 116 cm³/mol. The predicted octanol–water partition coefficient (Wildman–Crippen LogP) is 0.276. The maximum absolute atomic E-state index is 11.9. The Morgan fingerprint density at radius 3 is 2.70 bits per heavy atom. The molecule has 0 spiro atoms. The van der Waals surface area contributed by atoms with E-state index in [-0.39, 0.29) is 19.1 Å². The monoisotopic (exact) mass is 449 g/mol. The molecule has 0 atom stereocenters. The van der Waals surface area contributed by atoms with Gasteiger partial charge in [-0.1, -0.05) is 17.3 Å². The smallest absolute Gasteiger partial charge is 0.343 e. The summed E-state index contributed by atoms with van der Waals surface area (Å²) in [5, 5.41) is 30.7. The van der Waals surface area contributed by atoms with Crippen LogP contribution in [0.15, 0.2) is 42.6 Å². The number of aliphatic hydroxyl groups excluding tert-OH is 1. The Morgan fingerprint density at radius 1 is 1.24 bits per heavy atom. The lowest BCUT2D eigenvalue weighted by Crippen LogP contribution is -2.60. The highest BCUT2D eigenvalue weighted by atomic mass is 16.5. The topological polar surface area (TPSA) is 156 Å². The zero-order chi connectivity index (χ0) is 23.8. The molecule has 170 valence electrons. The third-order valence-corrected chi connectivity index (χ3v) is 5.37. The van der Waals surface area contributed by atoms with Gasteiger partial charge in [-0.15, -0.1) is 9.67 Å². The summed E-state index contributed by atoms with van der Waals surface area (Å²) in [4.78, 5) is 20.5. The molecule has 0 amide bonds. The van der Waals surface area contributed by atoms with E-state index in [2.05, 4.69) is 20.3 Å². The summed E-state index contributed by atoms with van der Waals surface area (Å²) in [6.07, 6.45) is 0.244. The van der Waals surface area contributed by atoms with E-state index < -0.39 is 11.5 Å². The SMILES string of the molecule is COc1cccc2c(-c3cn(Cc4cccc(C(C)(C)CO)[n+]4C(=O)[O-])nn3)nc(N)nc12. The molecule has 0 aliphatic carbocycles. The molecule has 0 fully saturated rings. The van der Waals surface area contributed by atoms with Crippen molar-refractivity contribution < 1.29 is 24.3 Å². The highest BCUT2D eigenvalue weighted by Gasteiger charge is 2.32. The number of fused-ring (bicyclic) bond motifs is 1. The number of benzene rings is 1. The molecule has 0 saturated carbocycles. The van der Waals surface area contributed by atoms with Gasteiger partial charge in [-0.3, -0.25) is 0 Å². The molecule has 3 N–H and O–H groups in total. The maximum atomic E-state index is 11.9. The van der Waals surface area contributed by atoms with Gasteiger partial charge >= 0.3 is 6.09 Å². The summed E-state index contributed by atoms with van der Waals surface area (Å²) < 4.78 is 7.92. The lowest BCUT2D eigenvalue weighted by Gasteiger charge is -2.20. The summed E-state index contributed by atoms with van der Waals surface area (Å²) in [5.41, 5.74) is 7.39. The van der Waals surface area contributed by atoms with Crippen LogP contribution in [0, 0.1) is 0 Å². The summed E-state index contributed by atoms with van der Waals surface area (Å²) >= 11 is 0. The number of nitrogens with two attached hydrogens (primary N) is 1. The number of methoxy groups -OCH3 is 1. The third-order valence-electron chi connectivity index (χ3n) is 5.37. The van der Waals surface area contributed by atoms with Crippen molar-refractivity contribution in [2.24, 2.45) is 0 Å². The van der Waals surface area contributed by atoms with Gasteiger partial charge in [0.25, 0.3) is 0 Å². The minimum Gasteiger partial charge on any atom is -0.494 e. The number of hydrogen-bond acceptors (Lipinski definition) is 9. The maximum Gasteiger partial charge on any atom is 0.343 e. The van der Waals surface area contributed by atoms with Crippen molar-refractivity contribution in [3.05, 3.63) is 54.0 Å². The number of pyridine rings is 1. The van der Waals surface area contributed by atoms with Gasteiger partial charge in [0.2, 0.25) is 11.6 Å². The number of nitrogen functional groups attached to an aromatic ring is 1. The fourth-order valence-electron chi connectivity index (χ4n) is 3.66. The number of nitrogens with zero attached hydrogens (tertiary/aromatic N) is 6. The third kappa shape index (κ3) is 4.05. The summed E-state index contributed by atoms with van der Waals surface area (Å²) in [7, 11) is 1.54. The van der Waals surface area contributed by atoms with Crippen LogP contribution in [0.3, 0.4) is 0 Å². The Balaban J connectivity index is 1.76. The number of rotatable bonds is 6. The van der Waals surface area contributed by atoms with Crippen molar-refractivity contribution in [2.75, 3.05) is 19.5 Å². The van der Waals surface area contributed by atoms with Crippen molar-refractivity contribution in [1.82, 2.24) is 25.0 Å². The molecule has 4 rings (SSSR count). The van der Waals surface area contributed by atoms with Gasteiger partial charge in [0.1, 0.15) is 29.2 Å². The van der Waals surface area contributed by atoms with Crippen LogP contribution in [0.2, 0.25) is 0 Å². The van der Waals surface area contributed by atoms with E-state index in [4.69, 9.17) is 10.5 Å². The van der Waals surface area contributed by atoms with E-state index in [9.17, 15) is 15.0 Å². The number of para-hydroxylation sites is 1. The van der Waals surface area contributed by atoms with Gasteiger partial charge in [-0.25, -0.2) is 14.6 Å². The molecule has 4 aromatic rings. The Hall–Kier alpha value is -4.12. The van der Waals surface area contributed by atoms with Crippen LogP contribution in [-0.2, 0) is 12.0 Å². The molecule has 11 heteroatoms. The number of carboxylic acid groups (broad SMARTS) is 1. The summed E-state index contributed by atoms with van der Waals surface area (Å²) in [6.45, 7) is 3.36. The fraction of sp³-hybridized carbons (Fsp3) is 0.273. The fourth-order valence-corrected chi connectivity index (χ4v) is 3.66. The highest BCUT2D eigenvalue weighted by Crippen LogP contribution is 2.30. The molecule has 1 aromatic carbocycles. The van der Waals surface area contributed by atoms with Crippen LogP contribution in [-0.4, -0.2) is 49.9 Å². The van der Waals surface area contributed by atoms with Crippen molar-refractivity contribution >= 4 is 22.9 Å². The summed E-state index contributed by atoms with van der Waals surface area (Å²) in [6, 6.07) is 10.4. The Bertz CT molecular complexity index is 1350. The molecule has 33 heavy (non-hydrogen) atoms. The number of aliphatic hydroxyl groups is 1. The largest absolute Gasteiger partial charge is 0.494 e. The van der Waals surface area contributed by atoms with Gasteiger partial charge in [0.15, 0.2) is 5.69 Å². The zero-order valence-corrected chi connectivity index (χ0v) is 18.4. The lowest BCUT2D eigenvalue weighted by molar-refractivity contribution is -0.648. The van der Waals surface area contributed by atoms with Crippen molar-refractivity contribution in [1.29, 1.82) is 0 Å². The number of hydrogen-bond donors (Lipinski definition) is 2. The zero-order valence-electron chi connectivity index (χ0n) is 18.4. The molecule has 11 nitrogen and oxygen atoms in total. The molecule has 0 saturated heterocycles. The van der Waals surface area contributed by atoms with Gasteiger partial charge in [-0.2, -0.15) is 0 Å². The number of aromatic nitrogens is 6. The first kappa shape index (κ1) is 22.1. The number of anilines is 1. The quantitative estimate of drug-likeness (QED) is 0.395. The second kappa shape index (κ2) is 8.43. The molecule has 0 unspecified atom stereocenters. The van der Waals surface area contributed by atoms with Gasteiger partial charge < -0.3 is 25.5 Å². The van der Waals surface area contributed by atoms with E-state index in [0.29, 0.717) is 39.4 Å². The van der Waals surface area contributed by atoms with Crippen molar-refractivity contribution in [2.45, 2.75) is 25.8 Å². The number of ether oxygens (including phenoxy) is 1. The van der Waals surface area contributed by atoms with Crippen molar-refractivity contribution in [3.63, 3.8) is 0 Å². The second-order valence-corrected chi connectivity index (χ2v) is 8.13. The molecule has 0 radical (unpaired) electrons. The first-order valence-corrected chi connectivity index (χ1v) is 10.1. The van der Waals surface area contributed by atoms with Crippen LogP contribution < -0.4 is 20.1 Å². The van der Waals surface area contributed by atoms with Crippen LogP contribution in [0.1, 0.15) is 25.2 Å². The van der Waals surface area contributed by atoms with Gasteiger partial charge in [0, 0.05) is 17.5 Å². The molecular formula is C22H23N7O4. The van der Waals surface area contributed by atoms with Crippen molar-refractivity contribution in [3.8, 4) is 17.1 Å². The molecule has 3 heterocycles. The standard InChI is InChI=1S/C22H23N7O4/c1-22(2,12-30)17-9-4-6-13(29(17)21(31)32)10-28-11-15(26-27-28)18-14-7-5-8-16(33-3)19(14)25-20(23)24-18/h4-9,11,30H,10,12H2,1-3H3,(H2-,23,24,25,31,32). The minimum atomic E-state index is -1.40. The molecule has 0 aliphatic rings. The van der Waals surface area contributed by atoms with Gasteiger partial charge in [0.05, 0.1) is 25.3 Å². The minimum absolute atomic E-state index is 0.0604. The molecule has 0 aliphatic heterocycles. The van der Waals surface area contributed by atoms with E-state index in [0.717, 1.165) is 4.57 Å². The first-order chi connectivity index (χ1) is 15.7. The number of carbonyl (C=O) groups is 1. The van der Waals surface area contributed by atoms with Crippen LogP contribution in [0.4, 0.5) is 10.7 Å². The average molecular weight is 449 g/mol. The molecular weight excluding hydrogens is 426 g/mol. The van der Waals surface area contributed by atoms with Gasteiger partial charge in [-0.05, 0) is 26.0 Å². The Labute approximate surface area is 189 Å². The molecule has 0 bridgehead atoms. The second-order valence-electron chi connectivity index (χ2n) is 8.13. The lowest BCUT2D eigenvalue weighted by atomic mass is 9.89. The Kier molecular flexibility index (Phi) is 5.64. The van der Waals surface area contributed by atoms with E-state index in [1.54, 1.807) is 51.4 Å². The summed E-state index contributed by atoms with van der Waals surface area (Å²) in [5.74, 6) is 0.610. The highest BCUT2D eigenvalue weighted by molar-refractivity contribution is 5.95. The first-order valence-electron chi connectivity index (χ1n) is 10.1. The van der Waals surface area contributed by atoms with Crippen LogP contribution >= 0.6 is 0 Å². The van der Waals surface area contributed by atoms with Crippen LogP contribution in [0.25, 0.3) is 22.3 Å². The van der Waals surface area contributed by atoms with E-state index >= 15 is 0 Å². The van der Waals surface area contributed by atoms with E-state index in [1.807, 2.05) is 12.1 Å². The number of carbonyl (C=O) groups excluding carboxylic acids is 1. The Morgan fingerprint density at radius 2 is 2.00 bits per heavy atom.